The number of rotatable bonds is 8. The third-order valence-electron chi connectivity index (χ3n) is 5.39. The quantitative estimate of drug-likeness (QED) is 0.285. The van der Waals surface area contributed by atoms with Crippen LogP contribution in [-0.4, -0.2) is 33.0 Å². The molecule has 0 bridgehead atoms. The van der Waals surface area contributed by atoms with E-state index in [0.29, 0.717) is 34.0 Å². The summed E-state index contributed by atoms with van der Waals surface area (Å²) in [6, 6.07) is 20.5. The minimum atomic E-state index is -0.933. The van der Waals surface area contributed by atoms with E-state index in [0.717, 1.165) is 5.69 Å². The fourth-order valence-corrected chi connectivity index (χ4v) is 5.27. The van der Waals surface area contributed by atoms with E-state index in [2.05, 4.69) is 21.2 Å². The average Bonchev–Trinajstić information content (AvgIpc) is 3.49. The SMILES string of the molecule is COc1ccccc1C(O)c1c(-n2cccc2C(O)c2ccccc2OC)ccn1SI. The molecule has 4 rings (SSSR count). The largest absolute Gasteiger partial charge is 0.496 e. The van der Waals surface area contributed by atoms with Crippen molar-refractivity contribution in [3.8, 4) is 17.2 Å². The maximum atomic E-state index is 11.4. The summed E-state index contributed by atoms with van der Waals surface area (Å²) in [6.45, 7) is 0. The van der Waals surface area contributed by atoms with Crippen LogP contribution in [0.2, 0.25) is 0 Å². The summed E-state index contributed by atoms with van der Waals surface area (Å²) >= 11 is 2.18. The summed E-state index contributed by atoms with van der Waals surface area (Å²) in [5, 5.41) is 22.6. The Labute approximate surface area is 203 Å². The van der Waals surface area contributed by atoms with Crippen LogP contribution in [0.15, 0.2) is 79.1 Å². The minimum absolute atomic E-state index is 0.610. The molecule has 2 N–H and O–H groups in total. The monoisotopic (exact) mass is 562 g/mol. The van der Waals surface area contributed by atoms with E-state index >= 15 is 0 Å². The molecule has 6 nitrogen and oxygen atoms in total. The topological polar surface area (TPSA) is 68.8 Å². The Morgan fingerprint density at radius 1 is 0.781 bits per heavy atom. The first-order chi connectivity index (χ1) is 15.6. The second-order valence-electron chi connectivity index (χ2n) is 7.07. The van der Waals surface area contributed by atoms with Crippen molar-refractivity contribution < 1.29 is 19.7 Å². The molecule has 32 heavy (non-hydrogen) atoms. The zero-order valence-electron chi connectivity index (χ0n) is 17.6. The third-order valence-corrected chi connectivity index (χ3v) is 7.13. The lowest BCUT2D eigenvalue weighted by atomic mass is 10.0. The Bertz CT molecular complexity index is 1210. The molecule has 0 aliphatic carbocycles. The molecular weight excluding hydrogens is 539 g/mol. The zero-order chi connectivity index (χ0) is 22.7. The zero-order valence-corrected chi connectivity index (χ0v) is 20.5. The van der Waals surface area contributed by atoms with Gasteiger partial charge in [0.05, 0.1) is 31.3 Å². The van der Waals surface area contributed by atoms with Crippen LogP contribution < -0.4 is 9.47 Å². The summed E-state index contributed by atoms with van der Waals surface area (Å²) in [5.41, 5.74) is 3.45. The average molecular weight is 562 g/mol. The lowest BCUT2D eigenvalue weighted by molar-refractivity contribution is 0.204. The van der Waals surface area contributed by atoms with E-state index in [9.17, 15) is 10.2 Å². The molecular formula is C24H23IN2O4S. The van der Waals surface area contributed by atoms with Crippen LogP contribution in [0, 0.1) is 0 Å². The number of ether oxygens (including phenoxy) is 2. The second kappa shape index (κ2) is 10.0. The first kappa shape index (κ1) is 22.8. The van der Waals surface area contributed by atoms with Gasteiger partial charge in [0.15, 0.2) is 0 Å². The number of aliphatic hydroxyl groups excluding tert-OH is 2. The lowest BCUT2D eigenvalue weighted by Crippen LogP contribution is -2.12. The maximum absolute atomic E-state index is 11.4. The Kier molecular flexibility index (Phi) is 7.14. The van der Waals surface area contributed by atoms with Crippen LogP contribution in [-0.2, 0) is 0 Å². The summed E-state index contributed by atoms with van der Waals surface area (Å²) in [5.74, 6) is 1.22. The molecule has 0 radical (unpaired) electrons. The predicted octanol–water partition coefficient (Wildman–Crippen LogP) is 5.31. The highest BCUT2D eigenvalue weighted by Gasteiger charge is 2.26. The van der Waals surface area contributed by atoms with Crippen molar-refractivity contribution in [3.63, 3.8) is 0 Å². The summed E-state index contributed by atoms with van der Waals surface area (Å²) in [7, 11) is 4.63. The number of hydrogen-bond donors (Lipinski definition) is 2. The molecule has 0 saturated carbocycles. The van der Waals surface area contributed by atoms with Crippen LogP contribution in [0.4, 0.5) is 0 Å². The molecule has 2 heterocycles. The molecule has 0 saturated heterocycles. The van der Waals surface area contributed by atoms with Crippen molar-refractivity contribution in [2.75, 3.05) is 14.2 Å². The van der Waals surface area contributed by atoms with Gasteiger partial charge in [-0.15, -0.1) is 0 Å². The third kappa shape index (κ3) is 4.15. The van der Waals surface area contributed by atoms with Crippen molar-refractivity contribution in [2.45, 2.75) is 12.2 Å². The Morgan fingerprint density at radius 2 is 1.38 bits per heavy atom. The van der Waals surface area contributed by atoms with E-state index in [1.54, 1.807) is 14.2 Å². The predicted molar refractivity (Wildman–Crippen MR) is 135 cm³/mol. The molecule has 2 atom stereocenters. The number of nitrogens with zero attached hydrogens (tertiary/aromatic N) is 2. The van der Waals surface area contributed by atoms with Gasteiger partial charge in [0.25, 0.3) is 0 Å². The fraction of sp³-hybridized carbons (Fsp3) is 0.167. The van der Waals surface area contributed by atoms with Gasteiger partial charge in [0.2, 0.25) is 0 Å². The molecule has 8 heteroatoms. The van der Waals surface area contributed by atoms with E-state index in [4.69, 9.17) is 9.47 Å². The normalized spacial score (nSPS) is 13.0. The van der Waals surface area contributed by atoms with Gasteiger partial charge in [0.1, 0.15) is 23.7 Å². The summed E-state index contributed by atoms with van der Waals surface area (Å²) in [4.78, 5) is 0. The van der Waals surface area contributed by atoms with Crippen LogP contribution in [0.1, 0.15) is 34.7 Å². The molecule has 2 aromatic heterocycles. The number of benzene rings is 2. The molecule has 0 fully saturated rings. The smallest absolute Gasteiger partial charge is 0.126 e. The van der Waals surface area contributed by atoms with E-state index in [-0.39, 0.29) is 0 Å². The molecule has 166 valence electrons. The number of aromatic nitrogens is 2. The summed E-state index contributed by atoms with van der Waals surface area (Å²) in [6.07, 6.45) is 1.94. The highest BCUT2D eigenvalue weighted by Crippen LogP contribution is 2.38. The van der Waals surface area contributed by atoms with E-state index in [1.165, 1.54) is 9.12 Å². The Morgan fingerprint density at radius 3 is 1.97 bits per heavy atom. The standard InChI is InChI=1S/C24H23IN2O4S/c1-30-20-11-5-3-8-16(20)23(28)19-10-7-14-26(19)18-13-15-27(32-25)22(18)24(29)17-9-4-6-12-21(17)31-2/h3-15,23-24,28-29H,1-2H3. The minimum Gasteiger partial charge on any atom is -0.496 e. The van der Waals surface area contributed by atoms with Gasteiger partial charge in [-0.1, -0.05) is 36.4 Å². The van der Waals surface area contributed by atoms with Crippen molar-refractivity contribution in [3.05, 3.63) is 102 Å². The molecule has 0 aliphatic heterocycles. The van der Waals surface area contributed by atoms with Gasteiger partial charge in [-0.3, -0.25) is 3.97 Å². The van der Waals surface area contributed by atoms with Crippen molar-refractivity contribution >= 4 is 30.3 Å². The molecule has 2 unspecified atom stereocenters. The Balaban J connectivity index is 1.82. The van der Waals surface area contributed by atoms with E-state index < -0.39 is 12.2 Å². The Hall–Kier alpha value is -2.40. The van der Waals surface area contributed by atoms with Crippen molar-refractivity contribution in [1.82, 2.24) is 8.54 Å². The number of hydrogen-bond acceptors (Lipinski definition) is 5. The lowest BCUT2D eigenvalue weighted by Gasteiger charge is -2.21. The van der Waals surface area contributed by atoms with E-state index in [1.807, 2.05) is 87.7 Å². The molecule has 4 aromatic rings. The van der Waals surface area contributed by atoms with Crippen LogP contribution >= 0.6 is 30.3 Å². The molecule has 0 spiro atoms. The van der Waals surface area contributed by atoms with Gasteiger partial charge in [-0.2, -0.15) is 0 Å². The molecule has 0 aliphatic rings. The first-order valence-corrected chi connectivity index (χ1v) is 13.2. The number of methoxy groups -OCH3 is 2. The van der Waals surface area contributed by atoms with Crippen LogP contribution in [0.25, 0.3) is 5.69 Å². The molecule has 2 aromatic carbocycles. The second-order valence-corrected chi connectivity index (χ2v) is 8.79. The van der Waals surface area contributed by atoms with Gasteiger partial charge in [-0.25, -0.2) is 0 Å². The number of halogens is 1. The van der Waals surface area contributed by atoms with Gasteiger partial charge < -0.3 is 24.3 Å². The summed E-state index contributed by atoms with van der Waals surface area (Å²) < 4.78 is 14.7. The van der Waals surface area contributed by atoms with Crippen molar-refractivity contribution in [1.29, 1.82) is 0 Å². The van der Waals surface area contributed by atoms with Crippen LogP contribution in [0.3, 0.4) is 0 Å². The number of aliphatic hydroxyl groups is 2. The van der Waals surface area contributed by atoms with Crippen LogP contribution in [0.5, 0.6) is 11.5 Å². The fourth-order valence-electron chi connectivity index (χ4n) is 3.87. The van der Waals surface area contributed by atoms with Gasteiger partial charge in [0, 0.05) is 53.8 Å². The highest BCUT2D eigenvalue weighted by molar-refractivity contribution is 14.2. The highest BCUT2D eigenvalue weighted by atomic mass is 127. The van der Waals surface area contributed by atoms with Crippen molar-refractivity contribution in [2.24, 2.45) is 0 Å². The van der Waals surface area contributed by atoms with Gasteiger partial charge in [-0.05, 0) is 30.3 Å². The maximum Gasteiger partial charge on any atom is 0.126 e. The van der Waals surface area contributed by atoms with Gasteiger partial charge >= 0.3 is 0 Å². The molecule has 0 amide bonds. The number of para-hydroxylation sites is 2. The first-order valence-electron chi connectivity index (χ1n) is 9.90.